The van der Waals surface area contributed by atoms with Crippen molar-refractivity contribution in [2.45, 2.75) is 31.1 Å². The minimum Gasteiger partial charge on any atom is -0.394 e. The minimum atomic E-state index is -1.22. The van der Waals surface area contributed by atoms with Gasteiger partial charge in [0.1, 0.15) is 18.3 Å². The number of hydrogen-bond acceptors (Lipinski definition) is 12. The van der Waals surface area contributed by atoms with Crippen LogP contribution in [-0.4, -0.2) is 91.0 Å². The Labute approximate surface area is 177 Å². The second-order valence-electron chi connectivity index (χ2n) is 6.96. The molecule has 12 heteroatoms. The van der Waals surface area contributed by atoms with Crippen molar-refractivity contribution in [3.8, 4) is 0 Å². The Kier molecular flexibility index (Phi) is 6.79. The number of pyridine rings is 1. The van der Waals surface area contributed by atoms with Crippen LogP contribution in [0.4, 0.5) is 17.8 Å². The average Bonchev–Trinajstić information content (AvgIpc) is 3.06. The Hall–Kier alpha value is -2.25. The van der Waals surface area contributed by atoms with E-state index in [1.165, 1.54) is 0 Å². The van der Waals surface area contributed by atoms with E-state index in [0.717, 1.165) is 30.3 Å². The van der Waals surface area contributed by atoms with Crippen LogP contribution in [0.25, 0.3) is 0 Å². The maximum atomic E-state index is 10.2. The van der Waals surface area contributed by atoms with Gasteiger partial charge < -0.3 is 35.6 Å². The molecule has 0 amide bonds. The van der Waals surface area contributed by atoms with Crippen molar-refractivity contribution in [3.63, 3.8) is 0 Å². The number of thioether (sulfide) groups is 1. The van der Waals surface area contributed by atoms with E-state index in [1.807, 2.05) is 30.0 Å². The van der Waals surface area contributed by atoms with Gasteiger partial charge in [0.25, 0.3) is 0 Å². The largest absolute Gasteiger partial charge is 0.394 e. The lowest BCUT2D eigenvalue weighted by Gasteiger charge is -2.27. The third-order valence-electron chi connectivity index (χ3n) is 4.89. The number of aliphatic hydroxyl groups is 3. The van der Waals surface area contributed by atoms with Gasteiger partial charge in [-0.25, -0.2) is 0 Å². The number of aromatic nitrogens is 4. The molecule has 5 N–H and O–H groups in total. The summed E-state index contributed by atoms with van der Waals surface area (Å²) in [5.41, 5.74) is 0.840. The van der Waals surface area contributed by atoms with Crippen molar-refractivity contribution in [1.82, 2.24) is 19.9 Å². The molecule has 0 aliphatic carbocycles. The first-order chi connectivity index (χ1) is 14.6. The summed E-state index contributed by atoms with van der Waals surface area (Å²) in [5.74, 6) is 3.05. The molecule has 4 rings (SSSR count). The zero-order chi connectivity index (χ0) is 20.9. The molecule has 2 fully saturated rings. The SMILES string of the molecule is OC[C@H]1O[C@@H](Nc2nc(NCc3ccccn3)nc(N3CCSCC3)n2)[C@H](O)[C@@H]1O. The smallest absolute Gasteiger partial charge is 0.232 e. The summed E-state index contributed by atoms with van der Waals surface area (Å²) < 4.78 is 5.48. The van der Waals surface area contributed by atoms with E-state index in [1.54, 1.807) is 6.20 Å². The summed E-state index contributed by atoms with van der Waals surface area (Å²) in [4.78, 5) is 19.7. The molecule has 2 aromatic heterocycles. The first kappa shape index (κ1) is 21.0. The number of hydrogen-bond donors (Lipinski definition) is 5. The van der Waals surface area contributed by atoms with Crippen LogP contribution in [0.1, 0.15) is 5.69 Å². The van der Waals surface area contributed by atoms with Crippen LogP contribution in [0.2, 0.25) is 0 Å². The van der Waals surface area contributed by atoms with E-state index in [-0.39, 0.29) is 5.95 Å². The van der Waals surface area contributed by atoms with Crippen molar-refractivity contribution >= 4 is 29.6 Å². The fourth-order valence-corrected chi connectivity index (χ4v) is 4.13. The summed E-state index contributed by atoms with van der Waals surface area (Å²) >= 11 is 1.88. The van der Waals surface area contributed by atoms with Gasteiger partial charge in [-0.15, -0.1) is 0 Å². The normalized spacial score (nSPS) is 26.6. The topological polar surface area (TPSA) is 149 Å². The standard InChI is InChI=1S/C18H25N7O4S/c26-10-12-13(27)14(28)15(29-12)21-17-22-16(20-9-11-3-1-2-4-19-11)23-18(24-17)25-5-7-30-8-6-25/h1-4,12-15,26-28H,5-10H2,(H2,20,21,22,23,24)/t12-,13-,14-,15-/m1/s1. The predicted molar refractivity (Wildman–Crippen MR) is 112 cm³/mol. The minimum absolute atomic E-state index is 0.205. The van der Waals surface area contributed by atoms with Gasteiger partial charge in [0.15, 0.2) is 6.23 Å². The Balaban J connectivity index is 1.53. The van der Waals surface area contributed by atoms with Crippen LogP contribution in [0.5, 0.6) is 0 Å². The van der Waals surface area contributed by atoms with Crippen LogP contribution in [0.15, 0.2) is 24.4 Å². The van der Waals surface area contributed by atoms with Gasteiger partial charge in [0.2, 0.25) is 17.8 Å². The van der Waals surface area contributed by atoms with E-state index in [0.29, 0.717) is 18.4 Å². The molecular weight excluding hydrogens is 410 g/mol. The Morgan fingerprint density at radius 2 is 1.90 bits per heavy atom. The lowest BCUT2D eigenvalue weighted by atomic mass is 10.1. The van der Waals surface area contributed by atoms with Crippen molar-refractivity contribution in [2.75, 3.05) is 46.7 Å². The number of ether oxygens (including phenoxy) is 1. The predicted octanol–water partition coefficient (Wildman–Crippen LogP) is -0.717. The molecule has 2 aliphatic rings. The van der Waals surface area contributed by atoms with Gasteiger partial charge in [0.05, 0.1) is 18.8 Å². The maximum Gasteiger partial charge on any atom is 0.232 e. The Morgan fingerprint density at radius 1 is 1.10 bits per heavy atom. The van der Waals surface area contributed by atoms with Crippen molar-refractivity contribution in [2.24, 2.45) is 0 Å². The highest BCUT2D eigenvalue weighted by Gasteiger charge is 2.42. The van der Waals surface area contributed by atoms with E-state index in [4.69, 9.17) is 4.74 Å². The first-order valence-electron chi connectivity index (χ1n) is 9.75. The molecule has 162 valence electrons. The van der Waals surface area contributed by atoms with Gasteiger partial charge in [-0.05, 0) is 12.1 Å². The van der Waals surface area contributed by atoms with Crippen molar-refractivity contribution in [3.05, 3.63) is 30.1 Å². The zero-order valence-corrected chi connectivity index (χ0v) is 17.1. The molecule has 0 bridgehead atoms. The van der Waals surface area contributed by atoms with Gasteiger partial charge in [-0.1, -0.05) is 6.07 Å². The van der Waals surface area contributed by atoms with Crippen molar-refractivity contribution in [1.29, 1.82) is 0 Å². The lowest BCUT2D eigenvalue weighted by Crippen LogP contribution is -2.37. The van der Waals surface area contributed by atoms with Crippen LogP contribution in [0, 0.1) is 0 Å². The summed E-state index contributed by atoms with van der Waals surface area (Å²) in [5, 5.41) is 35.5. The number of nitrogens with one attached hydrogen (secondary N) is 2. The molecule has 4 atom stereocenters. The number of rotatable bonds is 7. The van der Waals surface area contributed by atoms with E-state index < -0.39 is 31.1 Å². The second kappa shape index (κ2) is 9.71. The fraction of sp³-hybridized carbons (Fsp3) is 0.556. The molecule has 2 aromatic rings. The summed E-state index contributed by atoms with van der Waals surface area (Å²) in [6.45, 7) is 1.68. The Morgan fingerprint density at radius 3 is 2.60 bits per heavy atom. The molecule has 2 aliphatic heterocycles. The molecule has 11 nitrogen and oxygen atoms in total. The number of anilines is 3. The molecular formula is C18H25N7O4S. The summed E-state index contributed by atoms with van der Waals surface area (Å²) in [6.07, 6.45) is -2.53. The zero-order valence-electron chi connectivity index (χ0n) is 16.3. The Bertz CT molecular complexity index is 827. The summed E-state index contributed by atoms with van der Waals surface area (Å²) in [7, 11) is 0. The molecule has 4 heterocycles. The molecule has 0 unspecified atom stereocenters. The van der Waals surface area contributed by atoms with Gasteiger partial charge in [-0.3, -0.25) is 4.98 Å². The quantitative estimate of drug-likeness (QED) is 0.374. The van der Waals surface area contributed by atoms with Crippen LogP contribution in [0.3, 0.4) is 0 Å². The molecule has 0 aromatic carbocycles. The third-order valence-corrected chi connectivity index (χ3v) is 5.83. The van der Waals surface area contributed by atoms with Crippen LogP contribution >= 0.6 is 11.8 Å². The molecule has 2 saturated heterocycles. The monoisotopic (exact) mass is 435 g/mol. The third kappa shape index (κ3) is 4.90. The highest BCUT2D eigenvalue weighted by atomic mass is 32.2. The highest BCUT2D eigenvalue weighted by Crippen LogP contribution is 2.24. The molecule has 30 heavy (non-hydrogen) atoms. The van der Waals surface area contributed by atoms with E-state index >= 15 is 0 Å². The highest BCUT2D eigenvalue weighted by molar-refractivity contribution is 7.99. The lowest BCUT2D eigenvalue weighted by molar-refractivity contribution is -0.0154. The summed E-state index contributed by atoms with van der Waals surface area (Å²) in [6, 6.07) is 5.65. The van der Waals surface area contributed by atoms with Gasteiger partial charge in [0, 0.05) is 30.8 Å². The van der Waals surface area contributed by atoms with E-state index in [9.17, 15) is 15.3 Å². The van der Waals surface area contributed by atoms with Gasteiger partial charge >= 0.3 is 0 Å². The maximum absolute atomic E-state index is 10.2. The van der Waals surface area contributed by atoms with E-state index in [2.05, 4.69) is 35.5 Å². The first-order valence-corrected chi connectivity index (χ1v) is 10.9. The number of nitrogens with zero attached hydrogens (tertiary/aromatic N) is 5. The average molecular weight is 436 g/mol. The molecule has 0 saturated carbocycles. The second-order valence-corrected chi connectivity index (χ2v) is 8.18. The van der Waals surface area contributed by atoms with Crippen molar-refractivity contribution < 1.29 is 20.1 Å². The molecule has 0 radical (unpaired) electrons. The number of aliphatic hydroxyl groups excluding tert-OH is 3. The van der Waals surface area contributed by atoms with Crippen LogP contribution in [-0.2, 0) is 11.3 Å². The van der Waals surface area contributed by atoms with Crippen LogP contribution < -0.4 is 15.5 Å². The fourth-order valence-electron chi connectivity index (χ4n) is 3.23. The molecule has 0 spiro atoms. The van der Waals surface area contributed by atoms with Gasteiger partial charge in [-0.2, -0.15) is 26.7 Å².